The van der Waals surface area contributed by atoms with Gasteiger partial charge in [-0.2, -0.15) is 5.10 Å². The molecule has 1 saturated heterocycles. The fourth-order valence-corrected chi connectivity index (χ4v) is 3.51. The standard InChI is InChI=1S/C22H35N7/c1-4-23-22(25-18-19(2)28-16-14-27(3)15-17-28)24-12-10-20-6-8-21(9-7-20)29-13-5-11-26-29/h5-9,11,13,19H,4,10,12,14-18H2,1-3H3,(H2,23,24,25). The molecule has 158 valence electrons. The molecule has 0 spiro atoms. The maximum Gasteiger partial charge on any atom is 0.191 e. The van der Waals surface area contributed by atoms with Crippen molar-refractivity contribution in [1.29, 1.82) is 0 Å². The Morgan fingerprint density at radius 1 is 1.14 bits per heavy atom. The van der Waals surface area contributed by atoms with Crippen LogP contribution in [0.5, 0.6) is 0 Å². The van der Waals surface area contributed by atoms with Crippen LogP contribution >= 0.6 is 0 Å². The van der Waals surface area contributed by atoms with Gasteiger partial charge in [0.05, 0.1) is 12.2 Å². The van der Waals surface area contributed by atoms with E-state index >= 15 is 0 Å². The van der Waals surface area contributed by atoms with Gasteiger partial charge in [-0.05, 0) is 51.1 Å². The van der Waals surface area contributed by atoms with Crippen LogP contribution < -0.4 is 10.6 Å². The van der Waals surface area contributed by atoms with E-state index in [1.807, 2.05) is 16.9 Å². The van der Waals surface area contributed by atoms with Gasteiger partial charge in [0.25, 0.3) is 0 Å². The number of guanidine groups is 1. The zero-order valence-electron chi connectivity index (χ0n) is 18.0. The van der Waals surface area contributed by atoms with E-state index in [0.717, 1.165) is 63.9 Å². The van der Waals surface area contributed by atoms with Crippen molar-refractivity contribution in [2.24, 2.45) is 4.99 Å². The zero-order chi connectivity index (χ0) is 20.5. The molecule has 0 aliphatic carbocycles. The van der Waals surface area contributed by atoms with Crippen molar-refractivity contribution >= 4 is 5.96 Å². The van der Waals surface area contributed by atoms with Crippen LogP contribution in [-0.4, -0.2) is 84.4 Å². The SMILES string of the molecule is CCNC(=NCC(C)N1CCN(C)CC1)NCCc1ccc(-n2cccn2)cc1. The molecule has 7 nitrogen and oxygen atoms in total. The minimum absolute atomic E-state index is 0.467. The number of nitrogens with zero attached hydrogens (tertiary/aromatic N) is 5. The van der Waals surface area contributed by atoms with E-state index in [2.05, 4.69) is 70.7 Å². The number of aliphatic imine (C=N–C) groups is 1. The summed E-state index contributed by atoms with van der Waals surface area (Å²) in [5.74, 6) is 0.904. The number of aromatic nitrogens is 2. The highest BCUT2D eigenvalue weighted by Gasteiger charge is 2.18. The summed E-state index contributed by atoms with van der Waals surface area (Å²) in [4.78, 5) is 9.74. The van der Waals surface area contributed by atoms with Crippen LogP contribution in [-0.2, 0) is 6.42 Å². The fourth-order valence-electron chi connectivity index (χ4n) is 3.51. The molecular weight excluding hydrogens is 362 g/mol. The molecule has 0 bridgehead atoms. The molecule has 1 aliphatic rings. The Morgan fingerprint density at radius 2 is 1.90 bits per heavy atom. The molecule has 2 heterocycles. The van der Waals surface area contributed by atoms with Crippen molar-refractivity contribution in [2.75, 3.05) is 52.9 Å². The van der Waals surface area contributed by atoms with Crippen molar-refractivity contribution < 1.29 is 0 Å². The largest absolute Gasteiger partial charge is 0.357 e. The van der Waals surface area contributed by atoms with E-state index < -0.39 is 0 Å². The van der Waals surface area contributed by atoms with Gasteiger partial charge in [0.2, 0.25) is 0 Å². The maximum absolute atomic E-state index is 4.81. The third-order valence-corrected chi connectivity index (χ3v) is 5.43. The molecule has 1 aliphatic heterocycles. The Labute approximate surface area is 174 Å². The average molecular weight is 398 g/mol. The Balaban J connectivity index is 1.45. The highest BCUT2D eigenvalue weighted by Crippen LogP contribution is 2.09. The van der Waals surface area contributed by atoms with Gasteiger partial charge in [-0.1, -0.05) is 12.1 Å². The molecule has 0 amide bonds. The first-order valence-electron chi connectivity index (χ1n) is 10.7. The predicted octanol–water partition coefficient (Wildman–Crippen LogP) is 1.61. The van der Waals surface area contributed by atoms with E-state index in [-0.39, 0.29) is 0 Å². The van der Waals surface area contributed by atoms with Gasteiger partial charge in [-0.3, -0.25) is 9.89 Å². The number of hydrogen-bond donors (Lipinski definition) is 2. The second kappa shape index (κ2) is 11.0. The lowest BCUT2D eigenvalue weighted by atomic mass is 10.1. The van der Waals surface area contributed by atoms with Gasteiger partial charge < -0.3 is 15.5 Å². The third-order valence-electron chi connectivity index (χ3n) is 5.43. The minimum atomic E-state index is 0.467. The van der Waals surface area contributed by atoms with Gasteiger partial charge in [-0.15, -0.1) is 0 Å². The minimum Gasteiger partial charge on any atom is -0.357 e. The first kappa shape index (κ1) is 21.3. The van der Waals surface area contributed by atoms with Crippen LogP contribution in [0.1, 0.15) is 19.4 Å². The van der Waals surface area contributed by atoms with Crippen molar-refractivity contribution in [3.05, 3.63) is 48.3 Å². The average Bonchev–Trinajstić information content (AvgIpc) is 3.28. The normalized spacial score (nSPS) is 17.3. The smallest absolute Gasteiger partial charge is 0.191 e. The van der Waals surface area contributed by atoms with Gasteiger partial charge >= 0.3 is 0 Å². The molecule has 1 aromatic heterocycles. The monoisotopic (exact) mass is 397 g/mol. The van der Waals surface area contributed by atoms with Crippen molar-refractivity contribution in [3.63, 3.8) is 0 Å². The summed E-state index contributed by atoms with van der Waals surface area (Å²) in [5, 5.41) is 11.1. The summed E-state index contributed by atoms with van der Waals surface area (Å²) < 4.78 is 1.87. The fraction of sp³-hybridized carbons (Fsp3) is 0.545. The maximum atomic E-state index is 4.81. The van der Waals surface area contributed by atoms with Crippen LogP contribution in [0.2, 0.25) is 0 Å². The molecule has 1 aromatic carbocycles. The molecule has 2 N–H and O–H groups in total. The van der Waals surface area contributed by atoms with Crippen LogP contribution in [0.25, 0.3) is 5.69 Å². The second-order valence-corrected chi connectivity index (χ2v) is 7.70. The van der Waals surface area contributed by atoms with Gasteiger partial charge in [0.15, 0.2) is 5.96 Å². The van der Waals surface area contributed by atoms with Crippen molar-refractivity contribution in [3.8, 4) is 5.69 Å². The molecular formula is C22H35N7. The summed E-state index contributed by atoms with van der Waals surface area (Å²) in [6, 6.07) is 11.0. The summed E-state index contributed by atoms with van der Waals surface area (Å²) in [5.41, 5.74) is 2.38. The Kier molecular flexibility index (Phi) is 8.07. The molecule has 3 rings (SSSR count). The van der Waals surface area contributed by atoms with E-state index in [1.165, 1.54) is 5.56 Å². The van der Waals surface area contributed by atoms with Crippen LogP contribution in [0.15, 0.2) is 47.7 Å². The van der Waals surface area contributed by atoms with Crippen molar-refractivity contribution in [1.82, 2.24) is 30.2 Å². The number of hydrogen-bond acceptors (Lipinski definition) is 4. The van der Waals surface area contributed by atoms with Gasteiger partial charge in [-0.25, -0.2) is 4.68 Å². The number of piperazine rings is 1. The quantitative estimate of drug-likeness (QED) is 0.523. The zero-order valence-corrected chi connectivity index (χ0v) is 18.0. The highest BCUT2D eigenvalue weighted by molar-refractivity contribution is 5.79. The summed E-state index contributed by atoms with van der Waals surface area (Å²) in [6.07, 6.45) is 4.71. The lowest BCUT2D eigenvalue weighted by molar-refractivity contribution is 0.122. The first-order valence-corrected chi connectivity index (χ1v) is 10.7. The number of nitrogens with one attached hydrogen (secondary N) is 2. The molecule has 0 radical (unpaired) electrons. The molecule has 29 heavy (non-hydrogen) atoms. The Hall–Kier alpha value is -2.38. The van der Waals surface area contributed by atoms with Crippen molar-refractivity contribution in [2.45, 2.75) is 26.3 Å². The Morgan fingerprint density at radius 3 is 2.55 bits per heavy atom. The molecule has 2 aromatic rings. The topological polar surface area (TPSA) is 60.7 Å². The molecule has 1 atom stereocenters. The molecule has 7 heteroatoms. The van der Waals surface area contributed by atoms with Gasteiger partial charge in [0, 0.05) is 57.7 Å². The van der Waals surface area contributed by atoms with E-state index in [0.29, 0.717) is 6.04 Å². The molecule has 1 fully saturated rings. The second-order valence-electron chi connectivity index (χ2n) is 7.70. The van der Waals surface area contributed by atoms with E-state index in [4.69, 9.17) is 4.99 Å². The summed E-state index contributed by atoms with van der Waals surface area (Å²) in [7, 11) is 2.19. The number of rotatable bonds is 8. The van der Waals surface area contributed by atoms with Gasteiger partial charge in [0.1, 0.15) is 0 Å². The summed E-state index contributed by atoms with van der Waals surface area (Å²) >= 11 is 0. The first-order chi connectivity index (χ1) is 14.2. The van der Waals surface area contributed by atoms with E-state index in [9.17, 15) is 0 Å². The number of benzene rings is 1. The van der Waals surface area contributed by atoms with E-state index in [1.54, 1.807) is 6.20 Å². The molecule has 1 unspecified atom stereocenters. The van der Waals surface area contributed by atoms with Crippen LogP contribution in [0.4, 0.5) is 0 Å². The lowest BCUT2D eigenvalue weighted by Crippen LogP contribution is -2.49. The lowest BCUT2D eigenvalue weighted by Gasteiger charge is -2.35. The summed E-state index contributed by atoms with van der Waals surface area (Å²) in [6.45, 7) is 11.5. The van der Waals surface area contributed by atoms with Crippen LogP contribution in [0, 0.1) is 0 Å². The number of likely N-dealkylation sites (N-methyl/N-ethyl adjacent to an activating group) is 1. The van der Waals surface area contributed by atoms with Crippen LogP contribution in [0.3, 0.4) is 0 Å². The third kappa shape index (κ3) is 6.58. The highest BCUT2D eigenvalue weighted by atomic mass is 15.3. The predicted molar refractivity (Wildman–Crippen MR) is 120 cm³/mol. The molecule has 0 saturated carbocycles. The Bertz CT molecular complexity index is 731.